The molecule has 0 saturated heterocycles. The molecule has 0 aliphatic heterocycles. The van der Waals surface area contributed by atoms with Crippen LogP contribution in [0.5, 0.6) is 0 Å². The molecular formula is C9H18N2. The summed E-state index contributed by atoms with van der Waals surface area (Å²) in [6.07, 6.45) is 0. The van der Waals surface area contributed by atoms with Crippen LogP contribution < -0.4 is 5.32 Å². The van der Waals surface area contributed by atoms with Crippen LogP contribution in [-0.2, 0) is 0 Å². The first-order valence-corrected chi connectivity index (χ1v) is 3.77. The molecule has 0 aliphatic rings. The molecule has 0 fully saturated rings. The molecule has 2 nitrogen and oxygen atoms in total. The van der Waals surface area contributed by atoms with Crippen LogP contribution >= 0.6 is 0 Å². The van der Waals surface area contributed by atoms with Crippen LogP contribution in [-0.4, -0.2) is 32.1 Å². The van der Waals surface area contributed by atoms with E-state index in [1.54, 1.807) is 0 Å². The fourth-order valence-electron chi connectivity index (χ4n) is 0.581. The minimum atomic E-state index is 0.929. The van der Waals surface area contributed by atoms with Crippen molar-refractivity contribution in [3.05, 3.63) is 24.4 Å². The Balaban J connectivity index is 3.40. The first kappa shape index (κ1) is 10.2. The Kier molecular flexibility index (Phi) is 4.62. The maximum Gasteiger partial charge on any atom is 0.0291 e. The third-order valence-electron chi connectivity index (χ3n) is 1.41. The predicted octanol–water partition coefficient (Wildman–Crippen LogP) is 1.23. The third-order valence-corrected chi connectivity index (χ3v) is 1.41. The lowest BCUT2D eigenvalue weighted by atomic mass is 10.3. The number of nitrogens with one attached hydrogen (secondary N) is 1. The zero-order valence-electron chi connectivity index (χ0n) is 7.78. The molecule has 0 aliphatic carbocycles. The van der Waals surface area contributed by atoms with Crippen LogP contribution in [0, 0.1) is 0 Å². The van der Waals surface area contributed by atoms with E-state index in [-0.39, 0.29) is 0 Å². The summed E-state index contributed by atoms with van der Waals surface area (Å²) in [5.41, 5.74) is 1.94. The second kappa shape index (κ2) is 4.97. The van der Waals surface area contributed by atoms with E-state index in [1.165, 1.54) is 0 Å². The van der Waals surface area contributed by atoms with Crippen molar-refractivity contribution >= 4 is 0 Å². The van der Waals surface area contributed by atoms with Gasteiger partial charge in [0.2, 0.25) is 0 Å². The van der Waals surface area contributed by atoms with Crippen molar-refractivity contribution in [2.45, 2.75) is 6.92 Å². The molecule has 0 amide bonds. The molecule has 0 spiro atoms. The molecule has 0 radical (unpaired) electrons. The lowest BCUT2D eigenvalue weighted by Gasteiger charge is -2.12. The SMILES string of the molecule is C=C(C)C(=C)NCCN(C)C. The van der Waals surface area contributed by atoms with Crippen molar-refractivity contribution in [1.82, 2.24) is 10.2 Å². The van der Waals surface area contributed by atoms with Crippen LogP contribution in [0.2, 0.25) is 0 Å². The quantitative estimate of drug-likeness (QED) is 0.599. The number of allylic oxidation sites excluding steroid dienone is 1. The molecule has 0 bridgehead atoms. The van der Waals surface area contributed by atoms with Gasteiger partial charge in [-0.15, -0.1) is 0 Å². The highest BCUT2D eigenvalue weighted by Gasteiger charge is 1.92. The Labute approximate surface area is 69.6 Å². The predicted molar refractivity (Wildman–Crippen MR) is 50.5 cm³/mol. The van der Waals surface area contributed by atoms with Crippen LogP contribution in [0.1, 0.15) is 6.92 Å². The van der Waals surface area contributed by atoms with Gasteiger partial charge in [0, 0.05) is 18.8 Å². The maximum absolute atomic E-state index is 3.82. The standard InChI is InChI=1S/C9H18N2/c1-8(2)9(3)10-6-7-11(4)5/h10H,1,3,6-7H2,2,4-5H3. The van der Waals surface area contributed by atoms with Gasteiger partial charge in [-0.1, -0.05) is 13.2 Å². The fraction of sp³-hybridized carbons (Fsp3) is 0.556. The maximum atomic E-state index is 3.82. The third kappa shape index (κ3) is 5.67. The summed E-state index contributed by atoms with van der Waals surface area (Å²) in [6, 6.07) is 0. The summed E-state index contributed by atoms with van der Waals surface area (Å²) in [6.45, 7) is 11.5. The van der Waals surface area contributed by atoms with Crippen molar-refractivity contribution in [2.75, 3.05) is 27.2 Å². The largest absolute Gasteiger partial charge is 0.384 e. The van der Waals surface area contributed by atoms with Crippen molar-refractivity contribution < 1.29 is 0 Å². The zero-order chi connectivity index (χ0) is 8.85. The van der Waals surface area contributed by atoms with Crippen molar-refractivity contribution in [3.8, 4) is 0 Å². The van der Waals surface area contributed by atoms with Crippen LogP contribution in [0.25, 0.3) is 0 Å². The van der Waals surface area contributed by atoms with Crippen LogP contribution in [0.4, 0.5) is 0 Å². The topological polar surface area (TPSA) is 15.3 Å². The fourth-order valence-corrected chi connectivity index (χ4v) is 0.581. The summed E-state index contributed by atoms with van der Waals surface area (Å²) in [7, 11) is 4.09. The minimum Gasteiger partial charge on any atom is -0.384 e. The van der Waals surface area contributed by atoms with E-state index in [2.05, 4.69) is 23.4 Å². The molecular weight excluding hydrogens is 136 g/mol. The zero-order valence-corrected chi connectivity index (χ0v) is 7.78. The van der Waals surface area contributed by atoms with Crippen molar-refractivity contribution in [2.24, 2.45) is 0 Å². The summed E-state index contributed by atoms with van der Waals surface area (Å²) in [5, 5.41) is 3.18. The Morgan fingerprint density at radius 1 is 1.36 bits per heavy atom. The van der Waals surface area contributed by atoms with E-state index in [9.17, 15) is 0 Å². The molecule has 64 valence electrons. The molecule has 0 heterocycles. The van der Waals surface area contributed by atoms with Gasteiger partial charge in [0.15, 0.2) is 0 Å². The minimum absolute atomic E-state index is 0.929. The van der Waals surface area contributed by atoms with E-state index in [0.29, 0.717) is 0 Å². The van der Waals surface area contributed by atoms with E-state index in [0.717, 1.165) is 24.4 Å². The van der Waals surface area contributed by atoms with Gasteiger partial charge in [-0.05, 0) is 26.6 Å². The number of nitrogens with zero attached hydrogens (tertiary/aromatic N) is 1. The first-order valence-electron chi connectivity index (χ1n) is 3.77. The summed E-state index contributed by atoms with van der Waals surface area (Å²) in [5.74, 6) is 0. The normalized spacial score (nSPS) is 9.82. The van der Waals surface area contributed by atoms with Gasteiger partial charge in [0.1, 0.15) is 0 Å². The first-order chi connectivity index (χ1) is 5.04. The Morgan fingerprint density at radius 2 is 1.91 bits per heavy atom. The Bertz CT molecular complexity index is 148. The lowest BCUT2D eigenvalue weighted by molar-refractivity contribution is 0.408. The highest BCUT2D eigenvalue weighted by Crippen LogP contribution is 1.96. The van der Waals surface area contributed by atoms with Gasteiger partial charge in [0.25, 0.3) is 0 Å². The van der Waals surface area contributed by atoms with Gasteiger partial charge in [-0.2, -0.15) is 0 Å². The molecule has 2 heteroatoms. The summed E-state index contributed by atoms with van der Waals surface area (Å²) < 4.78 is 0. The highest BCUT2D eigenvalue weighted by molar-refractivity contribution is 5.20. The second-order valence-corrected chi connectivity index (χ2v) is 2.99. The highest BCUT2D eigenvalue weighted by atomic mass is 15.1. The Morgan fingerprint density at radius 3 is 2.27 bits per heavy atom. The van der Waals surface area contributed by atoms with E-state index >= 15 is 0 Å². The van der Waals surface area contributed by atoms with Gasteiger partial charge in [-0.25, -0.2) is 0 Å². The van der Waals surface area contributed by atoms with Crippen molar-refractivity contribution in [1.29, 1.82) is 0 Å². The summed E-state index contributed by atoms with van der Waals surface area (Å²) >= 11 is 0. The van der Waals surface area contributed by atoms with Gasteiger partial charge in [0.05, 0.1) is 0 Å². The molecule has 0 saturated carbocycles. The molecule has 0 aromatic heterocycles. The molecule has 1 N–H and O–H groups in total. The second-order valence-electron chi connectivity index (χ2n) is 2.99. The molecule has 0 rings (SSSR count). The number of likely N-dealkylation sites (N-methyl/N-ethyl adjacent to an activating group) is 1. The monoisotopic (exact) mass is 154 g/mol. The smallest absolute Gasteiger partial charge is 0.0291 e. The summed E-state index contributed by atoms with van der Waals surface area (Å²) in [4.78, 5) is 2.12. The average Bonchev–Trinajstić information content (AvgIpc) is 1.86. The van der Waals surface area contributed by atoms with Crippen LogP contribution in [0.3, 0.4) is 0 Å². The van der Waals surface area contributed by atoms with E-state index in [1.807, 2.05) is 21.0 Å². The van der Waals surface area contributed by atoms with Gasteiger partial charge in [-0.3, -0.25) is 0 Å². The average molecular weight is 154 g/mol. The molecule has 0 aromatic rings. The number of hydrogen-bond donors (Lipinski definition) is 1. The lowest BCUT2D eigenvalue weighted by Crippen LogP contribution is -2.25. The number of rotatable bonds is 5. The van der Waals surface area contributed by atoms with Crippen molar-refractivity contribution in [3.63, 3.8) is 0 Å². The van der Waals surface area contributed by atoms with E-state index < -0.39 is 0 Å². The molecule has 11 heavy (non-hydrogen) atoms. The molecule has 0 unspecified atom stereocenters. The van der Waals surface area contributed by atoms with Gasteiger partial charge < -0.3 is 10.2 Å². The Hall–Kier alpha value is -0.760. The van der Waals surface area contributed by atoms with Crippen LogP contribution in [0.15, 0.2) is 24.4 Å². The molecule has 0 aromatic carbocycles. The van der Waals surface area contributed by atoms with Gasteiger partial charge >= 0.3 is 0 Å². The molecule has 0 atom stereocenters. The number of hydrogen-bond acceptors (Lipinski definition) is 2. The van der Waals surface area contributed by atoms with E-state index in [4.69, 9.17) is 0 Å².